The molecule has 0 bridgehead atoms. The Kier molecular flexibility index (Phi) is 6.82. The highest BCUT2D eigenvalue weighted by Gasteiger charge is 2.17. The lowest BCUT2D eigenvalue weighted by Gasteiger charge is -2.15. The minimum Gasteiger partial charge on any atom is -0.254 e. The van der Waals surface area contributed by atoms with Crippen molar-refractivity contribution in [3.8, 4) is 44.8 Å². The Morgan fingerprint density at radius 3 is 1.63 bits per heavy atom. The van der Waals surface area contributed by atoms with Gasteiger partial charge in [-0.05, 0) is 51.7 Å². The number of para-hydroxylation sites is 1. The number of aromatic nitrogens is 4. The average molecular weight is 687 g/mol. The van der Waals surface area contributed by atoms with Gasteiger partial charge < -0.3 is 0 Å². The van der Waals surface area contributed by atoms with E-state index in [1.165, 1.54) is 11.1 Å². The number of pyridine rings is 4. The quantitative estimate of drug-likeness (QED) is 0.137. The summed E-state index contributed by atoms with van der Waals surface area (Å²) >= 11 is 0. The van der Waals surface area contributed by atoms with Crippen molar-refractivity contribution in [3.63, 3.8) is 0 Å². The standard InChI is InChI=1S/C50H30N4/c1-3-11-31(12-4-1)43-27-21-33-19-23-40-38(29-30-51-49(40)47(33)52-43)37-25-26-39(36-16-8-7-15-35(36)37)45-28-22-34-20-24-42-46(32-13-5-2-6-14-32)41-17-9-10-18-44(41)54-50(42)48(34)53-45/h1-30H. The van der Waals surface area contributed by atoms with Gasteiger partial charge in [-0.25, -0.2) is 15.0 Å². The van der Waals surface area contributed by atoms with Gasteiger partial charge >= 0.3 is 0 Å². The summed E-state index contributed by atoms with van der Waals surface area (Å²) in [5.74, 6) is 0. The first kappa shape index (κ1) is 30.3. The fourth-order valence-corrected chi connectivity index (χ4v) is 8.16. The molecule has 4 heteroatoms. The fraction of sp³-hybridized carbons (Fsp3) is 0. The topological polar surface area (TPSA) is 51.6 Å². The van der Waals surface area contributed by atoms with Crippen LogP contribution in [0.5, 0.6) is 0 Å². The molecule has 54 heavy (non-hydrogen) atoms. The number of hydrogen-bond donors (Lipinski definition) is 0. The van der Waals surface area contributed by atoms with E-state index in [4.69, 9.17) is 19.9 Å². The lowest BCUT2D eigenvalue weighted by Crippen LogP contribution is -1.94. The molecule has 0 fully saturated rings. The summed E-state index contributed by atoms with van der Waals surface area (Å²) in [4.78, 5) is 20.7. The van der Waals surface area contributed by atoms with E-state index in [1.54, 1.807) is 0 Å². The largest absolute Gasteiger partial charge is 0.254 e. The molecule has 0 atom stereocenters. The molecule has 0 spiro atoms. The second-order valence-corrected chi connectivity index (χ2v) is 13.8. The molecule has 0 aliphatic heterocycles. The molecule has 0 N–H and O–H groups in total. The van der Waals surface area contributed by atoms with Gasteiger partial charge in [-0.1, -0.05) is 152 Å². The molecular weight excluding hydrogens is 657 g/mol. The van der Waals surface area contributed by atoms with Gasteiger partial charge in [0.1, 0.15) is 0 Å². The number of benzene rings is 7. The second kappa shape index (κ2) is 12.1. The van der Waals surface area contributed by atoms with Gasteiger partial charge in [0.15, 0.2) is 0 Å². The highest BCUT2D eigenvalue weighted by atomic mass is 14.8. The molecule has 0 aliphatic rings. The zero-order chi connectivity index (χ0) is 35.6. The third kappa shape index (κ3) is 4.78. The van der Waals surface area contributed by atoms with Crippen molar-refractivity contribution >= 4 is 65.3 Å². The molecule has 4 aromatic heterocycles. The maximum Gasteiger partial charge on any atom is 0.0978 e. The Bertz CT molecular complexity index is 3270. The van der Waals surface area contributed by atoms with Crippen molar-refractivity contribution in [3.05, 3.63) is 182 Å². The number of rotatable bonds is 4. The normalized spacial score (nSPS) is 11.7. The summed E-state index contributed by atoms with van der Waals surface area (Å²) in [5.41, 5.74) is 13.2. The second-order valence-electron chi connectivity index (χ2n) is 13.8. The lowest BCUT2D eigenvalue weighted by atomic mass is 9.91. The van der Waals surface area contributed by atoms with Crippen LogP contribution in [0.1, 0.15) is 0 Å². The maximum atomic E-state index is 5.40. The number of fused-ring (bicyclic) bond motifs is 8. The summed E-state index contributed by atoms with van der Waals surface area (Å²) in [6, 6.07) is 61.8. The van der Waals surface area contributed by atoms with Gasteiger partial charge in [0, 0.05) is 49.8 Å². The van der Waals surface area contributed by atoms with Crippen LogP contribution < -0.4 is 0 Å². The number of nitrogens with zero attached hydrogens (tertiary/aromatic N) is 4. The minimum atomic E-state index is 0.897. The van der Waals surface area contributed by atoms with Crippen molar-refractivity contribution < 1.29 is 0 Å². The molecule has 0 aliphatic carbocycles. The monoisotopic (exact) mass is 686 g/mol. The first-order valence-corrected chi connectivity index (χ1v) is 18.2. The van der Waals surface area contributed by atoms with Crippen LogP contribution in [0.4, 0.5) is 0 Å². The Hall–Kier alpha value is -7.30. The Morgan fingerprint density at radius 2 is 0.852 bits per heavy atom. The molecule has 0 saturated carbocycles. The number of hydrogen-bond acceptors (Lipinski definition) is 4. The molecule has 11 rings (SSSR count). The molecule has 4 nitrogen and oxygen atoms in total. The summed E-state index contributed by atoms with van der Waals surface area (Å²) in [6.45, 7) is 0. The van der Waals surface area contributed by atoms with E-state index in [-0.39, 0.29) is 0 Å². The smallest absolute Gasteiger partial charge is 0.0978 e. The Balaban J connectivity index is 1.10. The van der Waals surface area contributed by atoms with E-state index in [9.17, 15) is 0 Å². The molecule has 4 heterocycles. The fourth-order valence-electron chi connectivity index (χ4n) is 8.16. The third-order valence-corrected chi connectivity index (χ3v) is 10.7. The van der Waals surface area contributed by atoms with Gasteiger partial charge in [-0.15, -0.1) is 0 Å². The Morgan fingerprint density at radius 1 is 0.296 bits per heavy atom. The predicted octanol–water partition coefficient (Wildman–Crippen LogP) is 12.9. The van der Waals surface area contributed by atoms with E-state index in [0.29, 0.717) is 0 Å². The highest BCUT2D eigenvalue weighted by molar-refractivity contribution is 6.17. The average Bonchev–Trinajstić information content (AvgIpc) is 3.25. The first-order valence-electron chi connectivity index (χ1n) is 18.2. The van der Waals surface area contributed by atoms with Crippen LogP contribution in [-0.2, 0) is 0 Å². The summed E-state index contributed by atoms with van der Waals surface area (Å²) < 4.78 is 0. The summed E-state index contributed by atoms with van der Waals surface area (Å²) in [7, 11) is 0. The van der Waals surface area contributed by atoms with E-state index in [0.717, 1.165) is 98.9 Å². The lowest BCUT2D eigenvalue weighted by molar-refractivity contribution is 1.37. The van der Waals surface area contributed by atoms with Gasteiger partial charge in [0.2, 0.25) is 0 Å². The highest BCUT2D eigenvalue weighted by Crippen LogP contribution is 2.41. The van der Waals surface area contributed by atoms with Crippen molar-refractivity contribution in [2.75, 3.05) is 0 Å². The molecule has 0 saturated heterocycles. The van der Waals surface area contributed by atoms with Crippen LogP contribution in [-0.4, -0.2) is 19.9 Å². The van der Waals surface area contributed by atoms with E-state index in [2.05, 4.69) is 158 Å². The van der Waals surface area contributed by atoms with Crippen LogP contribution in [0, 0.1) is 0 Å². The van der Waals surface area contributed by atoms with Crippen LogP contribution in [0.3, 0.4) is 0 Å². The van der Waals surface area contributed by atoms with Crippen LogP contribution in [0.25, 0.3) is 110 Å². The van der Waals surface area contributed by atoms with E-state index >= 15 is 0 Å². The zero-order valence-electron chi connectivity index (χ0n) is 29.1. The molecule has 250 valence electrons. The van der Waals surface area contributed by atoms with Crippen molar-refractivity contribution in [2.24, 2.45) is 0 Å². The van der Waals surface area contributed by atoms with Crippen LogP contribution >= 0.6 is 0 Å². The Labute approximate surface area is 311 Å². The molecule has 7 aromatic carbocycles. The van der Waals surface area contributed by atoms with Crippen molar-refractivity contribution in [1.29, 1.82) is 0 Å². The van der Waals surface area contributed by atoms with E-state index < -0.39 is 0 Å². The molecular formula is C50H30N4. The third-order valence-electron chi connectivity index (χ3n) is 10.7. The van der Waals surface area contributed by atoms with Crippen LogP contribution in [0.15, 0.2) is 182 Å². The predicted molar refractivity (Wildman–Crippen MR) is 224 cm³/mol. The van der Waals surface area contributed by atoms with Crippen molar-refractivity contribution in [1.82, 2.24) is 19.9 Å². The first-order chi connectivity index (χ1) is 26.8. The van der Waals surface area contributed by atoms with Gasteiger partial charge in [0.25, 0.3) is 0 Å². The zero-order valence-corrected chi connectivity index (χ0v) is 29.1. The molecule has 0 unspecified atom stereocenters. The summed E-state index contributed by atoms with van der Waals surface area (Å²) in [5, 5.41) is 7.74. The SMILES string of the molecule is c1ccc(-c2ccc3ccc4c(-c5ccc(-c6ccc7ccc8c(-c9ccccc9)c9ccccc9nc8c7n6)c6ccccc56)ccnc4c3n2)cc1. The molecule has 0 amide bonds. The van der Waals surface area contributed by atoms with Crippen molar-refractivity contribution in [2.45, 2.75) is 0 Å². The van der Waals surface area contributed by atoms with Gasteiger partial charge in [-0.3, -0.25) is 4.98 Å². The molecule has 11 aromatic rings. The summed E-state index contributed by atoms with van der Waals surface area (Å²) in [6.07, 6.45) is 1.91. The van der Waals surface area contributed by atoms with Gasteiger partial charge in [-0.2, -0.15) is 0 Å². The van der Waals surface area contributed by atoms with E-state index in [1.807, 2.05) is 24.4 Å². The minimum absolute atomic E-state index is 0.897. The maximum absolute atomic E-state index is 5.40. The van der Waals surface area contributed by atoms with Gasteiger partial charge in [0.05, 0.1) is 39.0 Å². The van der Waals surface area contributed by atoms with Crippen LogP contribution in [0.2, 0.25) is 0 Å². The molecule has 0 radical (unpaired) electrons.